The fraction of sp³-hybridized carbons (Fsp3) is 0.360. The first-order valence-corrected chi connectivity index (χ1v) is 10.5. The summed E-state index contributed by atoms with van der Waals surface area (Å²) in [6.45, 7) is 8.85. The van der Waals surface area contributed by atoms with E-state index in [4.69, 9.17) is 0 Å². The number of rotatable bonds is 3. The molecular weight excluding hydrogens is 393 g/mol. The van der Waals surface area contributed by atoms with E-state index >= 15 is 0 Å². The van der Waals surface area contributed by atoms with Gasteiger partial charge in [-0.1, -0.05) is 19.1 Å². The van der Waals surface area contributed by atoms with E-state index in [-0.39, 0.29) is 29.5 Å². The Hall–Kier alpha value is -3.15. The second-order valence-electron chi connectivity index (χ2n) is 9.25. The Morgan fingerprint density at radius 2 is 1.87 bits per heavy atom. The minimum atomic E-state index is -0.467. The Balaban J connectivity index is 1.63. The number of carbonyl (C=O) groups is 2. The minimum absolute atomic E-state index is 0.0785. The molecule has 162 valence electrons. The van der Waals surface area contributed by atoms with Gasteiger partial charge in [-0.3, -0.25) is 9.69 Å². The summed E-state index contributed by atoms with van der Waals surface area (Å²) in [4.78, 5) is 28.8. The Kier molecular flexibility index (Phi) is 5.12. The van der Waals surface area contributed by atoms with Crippen LogP contribution < -0.4 is 10.2 Å². The van der Waals surface area contributed by atoms with E-state index in [2.05, 4.69) is 50.2 Å². The molecule has 4 rings (SSSR count). The van der Waals surface area contributed by atoms with E-state index in [9.17, 15) is 14.0 Å². The molecule has 2 aromatic rings. The predicted octanol–water partition coefficient (Wildman–Crippen LogP) is 4.95. The molecule has 2 heterocycles. The normalized spacial score (nSPS) is 21.5. The molecule has 1 saturated heterocycles. The first kappa shape index (κ1) is 21.1. The Labute approximate surface area is 182 Å². The maximum absolute atomic E-state index is 13.1. The van der Waals surface area contributed by atoms with Gasteiger partial charge >= 0.3 is 6.03 Å². The van der Waals surface area contributed by atoms with Gasteiger partial charge in [0.25, 0.3) is 5.91 Å². The topological polar surface area (TPSA) is 52.7 Å². The molecule has 2 aliphatic heterocycles. The van der Waals surface area contributed by atoms with Gasteiger partial charge in [-0.05, 0) is 85.7 Å². The number of hydrogen-bond acceptors (Lipinski definition) is 3. The van der Waals surface area contributed by atoms with Crippen molar-refractivity contribution in [3.05, 3.63) is 70.2 Å². The molecule has 0 saturated carbocycles. The van der Waals surface area contributed by atoms with Crippen molar-refractivity contribution in [2.75, 3.05) is 11.9 Å². The first-order valence-electron chi connectivity index (χ1n) is 10.5. The smallest absolute Gasteiger partial charge is 0.329 e. The van der Waals surface area contributed by atoms with Gasteiger partial charge in [0.15, 0.2) is 0 Å². The molecule has 31 heavy (non-hydrogen) atoms. The maximum Gasteiger partial charge on any atom is 0.329 e. The van der Waals surface area contributed by atoms with E-state index in [1.54, 1.807) is 18.2 Å². The van der Waals surface area contributed by atoms with Crippen LogP contribution in [0.4, 0.5) is 14.9 Å². The summed E-state index contributed by atoms with van der Waals surface area (Å²) in [5.41, 5.74) is 5.45. The van der Waals surface area contributed by atoms with Crippen molar-refractivity contribution in [2.45, 2.75) is 52.1 Å². The third-order valence-electron chi connectivity index (χ3n) is 6.54. The van der Waals surface area contributed by atoms with Crippen molar-refractivity contribution in [1.82, 2.24) is 10.2 Å². The maximum atomic E-state index is 13.1. The highest BCUT2D eigenvalue weighted by molar-refractivity contribution is 6.14. The van der Waals surface area contributed by atoms with Crippen LogP contribution in [-0.2, 0) is 11.3 Å². The number of nitrogens with zero attached hydrogens (tertiary/aromatic N) is 2. The third-order valence-corrected chi connectivity index (χ3v) is 6.54. The molecule has 0 aliphatic carbocycles. The molecule has 5 nitrogen and oxygen atoms in total. The number of anilines is 1. The second kappa shape index (κ2) is 7.52. The van der Waals surface area contributed by atoms with E-state index < -0.39 is 6.03 Å². The molecule has 0 unspecified atom stereocenters. The van der Waals surface area contributed by atoms with Crippen molar-refractivity contribution in [2.24, 2.45) is 0 Å². The van der Waals surface area contributed by atoms with Crippen molar-refractivity contribution in [1.29, 1.82) is 0 Å². The van der Waals surface area contributed by atoms with Crippen LogP contribution >= 0.6 is 0 Å². The lowest BCUT2D eigenvalue weighted by Crippen LogP contribution is -2.45. The number of fused-ring (bicyclic) bond motifs is 1. The number of imide groups is 1. The predicted molar refractivity (Wildman–Crippen MR) is 120 cm³/mol. The third kappa shape index (κ3) is 3.82. The summed E-state index contributed by atoms with van der Waals surface area (Å²) < 4.78 is 13.1. The molecule has 2 aromatic carbocycles. The molecule has 2 aliphatic rings. The van der Waals surface area contributed by atoms with E-state index in [0.29, 0.717) is 11.5 Å². The van der Waals surface area contributed by atoms with E-state index in [0.717, 1.165) is 22.4 Å². The summed E-state index contributed by atoms with van der Waals surface area (Å²) in [5.74, 6) is -0.340. The standard InChI is InChI=1S/C25H28FN3O2/c1-15-10-22-20(16(2)13-25(3,4)28(22)5)11-18(15)12-21-23(30)29(24(31)27-21)14-17-6-8-19(26)9-7-17/h6-12,16H,13-14H2,1-5H3,(H,27,31)/b21-12-/t16-/m0/s1. The summed E-state index contributed by atoms with van der Waals surface area (Å²) >= 11 is 0. The largest absolute Gasteiger partial charge is 0.369 e. The number of halogens is 1. The van der Waals surface area contributed by atoms with E-state index in [1.807, 2.05) is 6.92 Å². The molecule has 0 aromatic heterocycles. The van der Waals surface area contributed by atoms with Crippen LogP contribution in [0.25, 0.3) is 6.08 Å². The van der Waals surface area contributed by atoms with Crippen molar-refractivity contribution >= 4 is 23.7 Å². The molecule has 3 amide bonds. The molecule has 1 N–H and O–H groups in total. The molecule has 0 radical (unpaired) electrons. The van der Waals surface area contributed by atoms with Crippen LogP contribution in [0.5, 0.6) is 0 Å². The van der Waals surface area contributed by atoms with Gasteiger partial charge in [0.2, 0.25) is 0 Å². The number of nitrogens with one attached hydrogen (secondary N) is 1. The Morgan fingerprint density at radius 1 is 1.19 bits per heavy atom. The van der Waals surface area contributed by atoms with Gasteiger partial charge in [-0.2, -0.15) is 0 Å². The van der Waals surface area contributed by atoms with Crippen LogP contribution in [0.1, 0.15) is 55.4 Å². The summed E-state index contributed by atoms with van der Waals surface area (Å²) in [7, 11) is 2.12. The fourth-order valence-corrected chi connectivity index (χ4v) is 4.53. The van der Waals surface area contributed by atoms with Crippen molar-refractivity contribution < 1.29 is 14.0 Å². The van der Waals surface area contributed by atoms with Crippen LogP contribution in [0.2, 0.25) is 0 Å². The zero-order valence-electron chi connectivity index (χ0n) is 18.6. The zero-order chi connectivity index (χ0) is 22.5. The second-order valence-corrected chi connectivity index (χ2v) is 9.25. The van der Waals surface area contributed by atoms with Gasteiger partial charge in [0, 0.05) is 18.3 Å². The van der Waals surface area contributed by atoms with Crippen molar-refractivity contribution in [3.63, 3.8) is 0 Å². The highest BCUT2D eigenvalue weighted by Crippen LogP contribution is 2.43. The lowest BCUT2D eigenvalue weighted by atomic mass is 9.79. The fourth-order valence-electron chi connectivity index (χ4n) is 4.53. The highest BCUT2D eigenvalue weighted by Gasteiger charge is 2.36. The quantitative estimate of drug-likeness (QED) is 0.564. The number of carbonyl (C=O) groups excluding carboxylic acids is 2. The molecular formula is C25H28FN3O2. The van der Waals surface area contributed by atoms with Crippen LogP contribution in [-0.4, -0.2) is 29.4 Å². The van der Waals surface area contributed by atoms with E-state index in [1.165, 1.54) is 23.4 Å². The number of aryl methyl sites for hydroxylation is 1. The summed E-state index contributed by atoms with van der Waals surface area (Å²) in [6, 6.07) is 9.62. The van der Waals surface area contributed by atoms with Gasteiger partial charge in [-0.25, -0.2) is 9.18 Å². The number of hydrogen-bond donors (Lipinski definition) is 1. The lowest BCUT2D eigenvalue weighted by molar-refractivity contribution is -0.123. The molecule has 0 bridgehead atoms. The Bertz CT molecular complexity index is 1090. The lowest BCUT2D eigenvalue weighted by Gasteiger charge is -2.45. The van der Waals surface area contributed by atoms with Crippen molar-refractivity contribution in [3.8, 4) is 0 Å². The molecule has 1 atom stereocenters. The SMILES string of the molecule is Cc1cc2c(cc1/C=C1\NC(=O)N(Cc3ccc(F)cc3)C1=O)[C@@H](C)CC(C)(C)N2C. The van der Waals surface area contributed by atoms with Crippen LogP contribution in [0.15, 0.2) is 42.1 Å². The Morgan fingerprint density at radius 3 is 2.55 bits per heavy atom. The van der Waals surface area contributed by atoms with Crippen LogP contribution in [0, 0.1) is 12.7 Å². The molecule has 0 spiro atoms. The van der Waals surface area contributed by atoms with Gasteiger partial charge < -0.3 is 10.2 Å². The average Bonchev–Trinajstić information content (AvgIpc) is 2.96. The first-order chi connectivity index (χ1) is 14.6. The highest BCUT2D eigenvalue weighted by atomic mass is 19.1. The zero-order valence-corrected chi connectivity index (χ0v) is 18.6. The average molecular weight is 422 g/mol. The molecule has 6 heteroatoms. The molecule has 1 fully saturated rings. The number of urea groups is 1. The number of benzene rings is 2. The van der Waals surface area contributed by atoms with Gasteiger partial charge in [0.05, 0.1) is 6.54 Å². The summed E-state index contributed by atoms with van der Waals surface area (Å²) in [6.07, 6.45) is 2.80. The van der Waals surface area contributed by atoms with Gasteiger partial charge in [-0.15, -0.1) is 0 Å². The van der Waals surface area contributed by atoms with Crippen LogP contribution in [0.3, 0.4) is 0 Å². The number of amides is 3. The van der Waals surface area contributed by atoms with Gasteiger partial charge in [0.1, 0.15) is 11.5 Å². The summed E-state index contributed by atoms with van der Waals surface area (Å²) in [5, 5.41) is 2.69. The monoisotopic (exact) mass is 421 g/mol. The minimum Gasteiger partial charge on any atom is -0.369 e.